The largest absolute Gasteiger partial charge is 0.481 e. The molecule has 0 aliphatic carbocycles. The molecule has 0 aliphatic rings. The van der Waals surface area contributed by atoms with E-state index in [1.54, 1.807) is 0 Å². The average Bonchev–Trinajstić information content (AvgIpc) is 2.42. The molecule has 1 N–H and O–H groups in total. The number of carboxylic acid groups (broad SMARTS) is 1. The minimum atomic E-state index is -0.715. The number of carboxylic acids is 1. The van der Waals surface area contributed by atoms with Crippen molar-refractivity contribution in [1.82, 2.24) is 0 Å². The number of fused-ring (bicyclic) bond motifs is 1. The molecule has 0 saturated heterocycles. The normalized spacial score (nSPS) is 10.6. The maximum Gasteiger partial charge on any atom is 0.303 e. The second kappa shape index (κ2) is 6.23. The molecule has 0 saturated carbocycles. The van der Waals surface area contributed by atoms with Gasteiger partial charge in [0.2, 0.25) is 0 Å². The van der Waals surface area contributed by atoms with Crippen molar-refractivity contribution in [3.05, 3.63) is 42.5 Å². The molecule has 0 aliphatic heterocycles. The molecular weight excluding hydrogens is 238 g/mol. The van der Waals surface area contributed by atoms with E-state index in [1.807, 2.05) is 12.1 Å². The standard InChI is InChI=1S/C16H19NO2/c1-17(12-5-4-11-16(18)19)15-10-6-8-13-7-2-3-9-14(13)15/h2-3,6-10H,4-5,11-12H2,1H3,(H,18,19). The lowest BCUT2D eigenvalue weighted by Gasteiger charge is -2.21. The van der Waals surface area contributed by atoms with E-state index in [4.69, 9.17) is 5.11 Å². The van der Waals surface area contributed by atoms with Crippen molar-refractivity contribution in [2.24, 2.45) is 0 Å². The summed E-state index contributed by atoms with van der Waals surface area (Å²) in [7, 11) is 2.06. The van der Waals surface area contributed by atoms with Gasteiger partial charge in [-0.25, -0.2) is 0 Å². The zero-order valence-corrected chi connectivity index (χ0v) is 11.2. The molecule has 2 aromatic rings. The van der Waals surface area contributed by atoms with Crippen LogP contribution in [-0.2, 0) is 4.79 Å². The van der Waals surface area contributed by atoms with E-state index in [2.05, 4.69) is 42.3 Å². The van der Waals surface area contributed by atoms with Crippen molar-refractivity contribution in [2.75, 3.05) is 18.5 Å². The molecule has 3 heteroatoms. The third kappa shape index (κ3) is 3.47. The van der Waals surface area contributed by atoms with Gasteiger partial charge in [-0.3, -0.25) is 4.79 Å². The number of aliphatic carboxylic acids is 1. The third-order valence-corrected chi connectivity index (χ3v) is 3.31. The molecule has 0 fully saturated rings. The predicted molar refractivity (Wildman–Crippen MR) is 78.7 cm³/mol. The van der Waals surface area contributed by atoms with Crippen molar-refractivity contribution < 1.29 is 9.90 Å². The summed E-state index contributed by atoms with van der Waals surface area (Å²) in [5.41, 5.74) is 1.20. The second-order valence-corrected chi connectivity index (χ2v) is 4.77. The Morgan fingerprint density at radius 3 is 2.63 bits per heavy atom. The van der Waals surface area contributed by atoms with Gasteiger partial charge in [0.15, 0.2) is 0 Å². The first-order valence-corrected chi connectivity index (χ1v) is 6.59. The van der Waals surface area contributed by atoms with Crippen LogP contribution >= 0.6 is 0 Å². The molecule has 0 amide bonds. The lowest BCUT2D eigenvalue weighted by molar-refractivity contribution is -0.137. The van der Waals surface area contributed by atoms with Gasteiger partial charge >= 0.3 is 5.97 Å². The number of unbranched alkanes of at least 4 members (excludes halogenated alkanes) is 1. The SMILES string of the molecule is CN(CCCCC(=O)O)c1cccc2ccccc12. The molecule has 3 nitrogen and oxygen atoms in total. The first-order chi connectivity index (χ1) is 9.18. The van der Waals surface area contributed by atoms with E-state index in [1.165, 1.54) is 16.5 Å². The highest BCUT2D eigenvalue weighted by molar-refractivity contribution is 5.94. The fraction of sp³-hybridized carbons (Fsp3) is 0.312. The number of hydrogen-bond donors (Lipinski definition) is 1. The van der Waals surface area contributed by atoms with E-state index < -0.39 is 5.97 Å². The van der Waals surface area contributed by atoms with Gasteiger partial charge in [-0.2, -0.15) is 0 Å². The van der Waals surface area contributed by atoms with E-state index in [9.17, 15) is 4.79 Å². The van der Waals surface area contributed by atoms with Gasteiger partial charge in [-0.05, 0) is 24.3 Å². The fourth-order valence-corrected chi connectivity index (χ4v) is 2.29. The third-order valence-electron chi connectivity index (χ3n) is 3.31. The highest BCUT2D eigenvalue weighted by Crippen LogP contribution is 2.25. The van der Waals surface area contributed by atoms with Crippen LogP contribution in [0.15, 0.2) is 42.5 Å². The van der Waals surface area contributed by atoms with Gasteiger partial charge in [-0.1, -0.05) is 36.4 Å². The van der Waals surface area contributed by atoms with Gasteiger partial charge < -0.3 is 10.0 Å². The van der Waals surface area contributed by atoms with Crippen LogP contribution in [0.25, 0.3) is 10.8 Å². The van der Waals surface area contributed by atoms with Crippen LogP contribution in [0.1, 0.15) is 19.3 Å². The number of carbonyl (C=O) groups is 1. The van der Waals surface area contributed by atoms with E-state index in [-0.39, 0.29) is 6.42 Å². The number of hydrogen-bond acceptors (Lipinski definition) is 2. The Morgan fingerprint density at radius 2 is 1.84 bits per heavy atom. The first-order valence-electron chi connectivity index (χ1n) is 6.59. The minimum Gasteiger partial charge on any atom is -0.481 e. The van der Waals surface area contributed by atoms with Crippen molar-refractivity contribution in [1.29, 1.82) is 0 Å². The molecule has 0 heterocycles. The summed E-state index contributed by atoms with van der Waals surface area (Å²) >= 11 is 0. The Bertz CT molecular complexity index is 560. The Morgan fingerprint density at radius 1 is 1.11 bits per heavy atom. The van der Waals surface area contributed by atoms with Crippen molar-refractivity contribution >= 4 is 22.4 Å². The molecular formula is C16H19NO2. The van der Waals surface area contributed by atoms with Crippen LogP contribution < -0.4 is 4.90 Å². The minimum absolute atomic E-state index is 0.253. The van der Waals surface area contributed by atoms with Gasteiger partial charge in [0, 0.05) is 31.1 Å². The summed E-state index contributed by atoms with van der Waals surface area (Å²) in [6.45, 7) is 0.876. The summed E-state index contributed by atoms with van der Waals surface area (Å²) in [6.07, 6.45) is 1.87. The zero-order valence-electron chi connectivity index (χ0n) is 11.2. The summed E-state index contributed by atoms with van der Waals surface area (Å²) in [5, 5.41) is 11.1. The number of nitrogens with zero attached hydrogens (tertiary/aromatic N) is 1. The van der Waals surface area contributed by atoms with E-state index in [0.29, 0.717) is 0 Å². The average molecular weight is 257 g/mol. The second-order valence-electron chi connectivity index (χ2n) is 4.77. The Labute approximate surface area is 113 Å². The smallest absolute Gasteiger partial charge is 0.303 e. The molecule has 2 rings (SSSR count). The van der Waals surface area contributed by atoms with Gasteiger partial charge in [0.25, 0.3) is 0 Å². The van der Waals surface area contributed by atoms with Crippen molar-refractivity contribution in [2.45, 2.75) is 19.3 Å². The van der Waals surface area contributed by atoms with Crippen molar-refractivity contribution in [3.8, 4) is 0 Å². The first kappa shape index (κ1) is 13.4. The maximum absolute atomic E-state index is 10.5. The lowest BCUT2D eigenvalue weighted by Crippen LogP contribution is -2.18. The summed E-state index contributed by atoms with van der Waals surface area (Å²) in [6, 6.07) is 14.6. The van der Waals surface area contributed by atoms with Crippen LogP contribution in [0.2, 0.25) is 0 Å². The van der Waals surface area contributed by atoms with Crippen LogP contribution in [-0.4, -0.2) is 24.7 Å². The van der Waals surface area contributed by atoms with Crippen molar-refractivity contribution in [3.63, 3.8) is 0 Å². The van der Waals surface area contributed by atoms with Crippen LogP contribution in [0.5, 0.6) is 0 Å². The van der Waals surface area contributed by atoms with E-state index >= 15 is 0 Å². The van der Waals surface area contributed by atoms with Crippen LogP contribution in [0.3, 0.4) is 0 Å². The fourth-order valence-electron chi connectivity index (χ4n) is 2.29. The molecule has 0 spiro atoms. The maximum atomic E-state index is 10.5. The Balaban J connectivity index is 2.05. The molecule has 0 unspecified atom stereocenters. The summed E-state index contributed by atoms with van der Waals surface area (Å²) in [5.74, 6) is -0.715. The monoisotopic (exact) mass is 257 g/mol. The quantitative estimate of drug-likeness (QED) is 0.805. The highest BCUT2D eigenvalue weighted by Gasteiger charge is 2.05. The molecule has 0 radical (unpaired) electrons. The Kier molecular flexibility index (Phi) is 4.39. The molecule has 0 atom stereocenters. The molecule has 0 bridgehead atoms. The number of rotatable bonds is 6. The molecule has 100 valence electrons. The topological polar surface area (TPSA) is 40.5 Å². The number of benzene rings is 2. The Hall–Kier alpha value is -2.03. The van der Waals surface area contributed by atoms with Gasteiger partial charge in [0.05, 0.1) is 0 Å². The highest BCUT2D eigenvalue weighted by atomic mass is 16.4. The number of anilines is 1. The lowest BCUT2D eigenvalue weighted by atomic mass is 10.1. The predicted octanol–water partition coefficient (Wildman–Crippen LogP) is 3.53. The van der Waals surface area contributed by atoms with E-state index in [0.717, 1.165) is 19.4 Å². The summed E-state index contributed by atoms with van der Waals surface area (Å²) < 4.78 is 0. The molecule has 0 aromatic heterocycles. The zero-order chi connectivity index (χ0) is 13.7. The molecule has 2 aromatic carbocycles. The molecule has 19 heavy (non-hydrogen) atoms. The van der Waals surface area contributed by atoms with Crippen LogP contribution in [0, 0.1) is 0 Å². The van der Waals surface area contributed by atoms with Gasteiger partial charge in [0.1, 0.15) is 0 Å². The van der Waals surface area contributed by atoms with Gasteiger partial charge in [-0.15, -0.1) is 0 Å². The van der Waals surface area contributed by atoms with Crippen LogP contribution in [0.4, 0.5) is 5.69 Å². The summed E-state index contributed by atoms with van der Waals surface area (Å²) in [4.78, 5) is 12.7.